The Hall–Kier alpha value is -0.520. The molecule has 4 nitrogen and oxygen atoms in total. The fourth-order valence-electron chi connectivity index (χ4n) is 1.97. The van der Waals surface area contributed by atoms with E-state index in [1.165, 1.54) is 0 Å². The molecule has 1 aromatic rings. The van der Waals surface area contributed by atoms with Gasteiger partial charge in [0.05, 0.1) is 6.10 Å². The first-order valence-corrected chi connectivity index (χ1v) is 6.30. The number of rotatable bonds is 4. The average Bonchev–Trinajstić information content (AvgIpc) is 2.84. The van der Waals surface area contributed by atoms with E-state index in [9.17, 15) is 0 Å². The van der Waals surface area contributed by atoms with Crippen LogP contribution in [0.15, 0.2) is 0 Å². The van der Waals surface area contributed by atoms with Crippen molar-refractivity contribution in [2.24, 2.45) is 5.73 Å². The van der Waals surface area contributed by atoms with Gasteiger partial charge in [-0.25, -0.2) is 0 Å². The minimum atomic E-state index is 0.337. The van der Waals surface area contributed by atoms with E-state index in [4.69, 9.17) is 10.5 Å². The van der Waals surface area contributed by atoms with E-state index in [0.717, 1.165) is 35.9 Å². The molecule has 0 aromatic carbocycles. The molecular formula is C10H17N3OS. The molecule has 1 aromatic heterocycles. The van der Waals surface area contributed by atoms with Gasteiger partial charge in [-0.3, -0.25) is 0 Å². The molecule has 2 N–H and O–H groups in total. The van der Waals surface area contributed by atoms with E-state index >= 15 is 0 Å². The number of hydrogen-bond acceptors (Lipinski definition) is 5. The molecule has 84 valence electrons. The zero-order chi connectivity index (χ0) is 10.7. The lowest BCUT2D eigenvalue weighted by Gasteiger charge is -2.12. The number of nitrogens with two attached hydrogens (primary N) is 1. The number of ether oxygens (including phenoxy) is 1. The molecule has 2 heterocycles. The lowest BCUT2D eigenvalue weighted by atomic mass is 10.0. The smallest absolute Gasteiger partial charge is 0.123 e. The minimum Gasteiger partial charge on any atom is -0.377 e. The summed E-state index contributed by atoms with van der Waals surface area (Å²) in [5.41, 5.74) is 5.49. The third kappa shape index (κ3) is 2.35. The lowest BCUT2D eigenvalue weighted by molar-refractivity contribution is 0.100. The second kappa shape index (κ2) is 5.01. The van der Waals surface area contributed by atoms with Crippen LogP contribution in [0.2, 0.25) is 0 Å². The number of aromatic nitrogens is 2. The summed E-state index contributed by atoms with van der Waals surface area (Å²) in [6.45, 7) is 3.66. The lowest BCUT2D eigenvalue weighted by Crippen LogP contribution is -2.12. The molecular weight excluding hydrogens is 210 g/mol. The highest BCUT2D eigenvalue weighted by Crippen LogP contribution is 2.34. The molecule has 1 aliphatic rings. The molecule has 1 saturated heterocycles. The van der Waals surface area contributed by atoms with Crippen LogP contribution in [0.3, 0.4) is 0 Å². The highest BCUT2D eigenvalue weighted by atomic mass is 32.1. The van der Waals surface area contributed by atoms with Crippen LogP contribution in [0.4, 0.5) is 0 Å². The van der Waals surface area contributed by atoms with Crippen molar-refractivity contribution in [3.63, 3.8) is 0 Å². The van der Waals surface area contributed by atoms with Gasteiger partial charge >= 0.3 is 0 Å². The summed E-state index contributed by atoms with van der Waals surface area (Å²) < 4.78 is 5.65. The van der Waals surface area contributed by atoms with Crippen molar-refractivity contribution in [3.05, 3.63) is 10.0 Å². The van der Waals surface area contributed by atoms with Crippen molar-refractivity contribution < 1.29 is 4.74 Å². The third-order valence-electron chi connectivity index (χ3n) is 2.77. The van der Waals surface area contributed by atoms with Gasteiger partial charge in [-0.05, 0) is 19.4 Å². The Bertz CT molecular complexity index is 315. The van der Waals surface area contributed by atoms with Crippen molar-refractivity contribution in [2.45, 2.75) is 38.2 Å². The summed E-state index contributed by atoms with van der Waals surface area (Å²) >= 11 is 1.69. The molecule has 15 heavy (non-hydrogen) atoms. The van der Waals surface area contributed by atoms with Crippen molar-refractivity contribution in [1.82, 2.24) is 10.2 Å². The summed E-state index contributed by atoms with van der Waals surface area (Å²) in [7, 11) is 0. The van der Waals surface area contributed by atoms with Gasteiger partial charge in [0.1, 0.15) is 10.0 Å². The maximum absolute atomic E-state index is 5.65. The van der Waals surface area contributed by atoms with Crippen molar-refractivity contribution in [1.29, 1.82) is 0 Å². The molecule has 1 aliphatic heterocycles. The van der Waals surface area contributed by atoms with Crippen LogP contribution in [0.1, 0.15) is 35.7 Å². The second-order valence-corrected chi connectivity index (χ2v) is 4.88. The molecule has 0 spiro atoms. The predicted molar refractivity (Wildman–Crippen MR) is 60.1 cm³/mol. The normalized spacial score (nSPS) is 26.0. The average molecular weight is 227 g/mol. The summed E-state index contributed by atoms with van der Waals surface area (Å²) in [4.78, 5) is 0. The first-order valence-electron chi connectivity index (χ1n) is 5.49. The predicted octanol–water partition coefficient (Wildman–Crippen LogP) is 1.32. The van der Waals surface area contributed by atoms with Crippen molar-refractivity contribution in [3.8, 4) is 0 Å². The Kier molecular flexibility index (Phi) is 3.66. The summed E-state index contributed by atoms with van der Waals surface area (Å²) in [6, 6.07) is 0. The van der Waals surface area contributed by atoms with E-state index in [1.807, 2.05) is 0 Å². The number of nitrogens with zero attached hydrogens (tertiary/aromatic N) is 2. The molecule has 0 radical (unpaired) electrons. The zero-order valence-corrected chi connectivity index (χ0v) is 9.80. The largest absolute Gasteiger partial charge is 0.377 e. The van der Waals surface area contributed by atoms with E-state index in [2.05, 4.69) is 17.1 Å². The van der Waals surface area contributed by atoms with Crippen molar-refractivity contribution in [2.75, 3.05) is 13.2 Å². The molecule has 0 amide bonds. The Labute approximate surface area is 93.8 Å². The van der Waals surface area contributed by atoms with Crippen LogP contribution >= 0.6 is 11.3 Å². The Morgan fingerprint density at radius 1 is 1.53 bits per heavy atom. The van der Waals surface area contributed by atoms with Crippen LogP contribution in [0.25, 0.3) is 0 Å². The minimum absolute atomic E-state index is 0.337. The molecule has 0 aliphatic carbocycles. The van der Waals surface area contributed by atoms with Gasteiger partial charge in [-0.15, -0.1) is 21.5 Å². The van der Waals surface area contributed by atoms with E-state index in [1.54, 1.807) is 11.3 Å². The molecule has 2 unspecified atom stereocenters. The molecule has 1 fully saturated rings. The first kappa shape index (κ1) is 11.0. The Morgan fingerprint density at radius 3 is 3.13 bits per heavy atom. The molecule has 2 atom stereocenters. The fourth-order valence-corrected chi connectivity index (χ4v) is 3.02. The maximum Gasteiger partial charge on any atom is 0.123 e. The molecule has 0 bridgehead atoms. The number of hydrogen-bond donors (Lipinski definition) is 1. The van der Waals surface area contributed by atoms with Gasteiger partial charge in [0.25, 0.3) is 0 Å². The molecule has 2 rings (SSSR count). The zero-order valence-electron chi connectivity index (χ0n) is 8.98. The van der Waals surface area contributed by atoms with Crippen LogP contribution < -0.4 is 5.73 Å². The van der Waals surface area contributed by atoms with Crippen LogP contribution in [-0.4, -0.2) is 29.5 Å². The van der Waals surface area contributed by atoms with Crippen LogP contribution in [0.5, 0.6) is 0 Å². The van der Waals surface area contributed by atoms with Gasteiger partial charge in [-0.1, -0.05) is 6.92 Å². The topological polar surface area (TPSA) is 61.0 Å². The van der Waals surface area contributed by atoms with E-state index in [-0.39, 0.29) is 0 Å². The van der Waals surface area contributed by atoms with Gasteiger partial charge in [0, 0.05) is 18.9 Å². The second-order valence-electron chi connectivity index (χ2n) is 3.79. The van der Waals surface area contributed by atoms with E-state index in [0.29, 0.717) is 18.6 Å². The monoisotopic (exact) mass is 227 g/mol. The Morgan fingerprint density at radius 2 is 2.40 bits per heavy atom. The summed E-state index contributed by atoms with van der Waals surface area (Å²) in [6.07, 6.45) is 3.30. The molecule has 5 heteroatoms. The summed E-state index contributed by atoms with van der Waals surface area (Å²) in [5.74, 6) is 0.457. The highest BCUT2D eigenvalue weighted by Gasteiger charge is 2.30. The molecule has 0 saturated carbocycles. The quantitative estimate of drug-likeness (QED) is 0.842. The maximum atomic E-state index is 5.65. The fraction of sp³-hybridized carbons (Fsp3) is 0.800. The third-order valence-corrected chi connectivity index (χ3v) is 3.88. The van der Waals surface area contributed by atoms with Gasteiger partial charge in [0.15, 0.2) is 0 Å². The Balaban J connectivity index is 2.07. The highest BCUT2D eigenvalue weighted by molar-refractivity contribution is 7.11. The van der Waals surface area contributed by atoms with Crippen LogP contribution in [-0.2, 0) is 11.2 Å². The van der Waals surface area contributed by atoms with E-state index < -0.39 is 0 Å². The SMILES string of the molecule is CCC1OCCC1c1nnc(CCN)s1. The van der Waals surface area contributed by atoms with Gasteiger partial charge in [0.2, 0.25) is 0 Å². The standard InChI is InChI=1S/C10H17N3OS/c1-2-8-7(4-6-14-8)10-13-12-9(15-10)3-5-11/h7-8H,2-6,11H2,1H3. The van der Waals surface area contributed by atoms with Crippen LogP contribution in [0, 0.1) is 0 Å². The first-order chi connectivity index (χ1) is 7.35. The van der Waals surface area contributed by atoms with Gasteiger partial charge in [-0.2, -0.15) is 0 Å². The van der Waals surface area contributed by atoms with Crippen molar-refractivity contribution >= 4 is 11.3 Å². The summed E-state index contributed by atoms with van der Waals surface area (Å²) in [5, 5.41) is 10.6. The van der Waals surface area contributed by atoms with Gasteiger partial charge < -0.3 is 10.5 Å².